The molecule has 0 saturated carbocycles. The van der Waals surface area contributed by atoms with E-state index in [-0.39, 0.29) is 6.54 Å². The lowest BCUT2D eigenvalue weighted by Crippen LogP contribution is -2.28. The molecular weight excluding hydrogens is 422 g/mol. The lowest BCUT2D eigenvalue weighted by Gasteiger charge is -2.07. The number of anilines is 1. The van der Waals surface area contributed by atoms with E-state index in [4.69, 9.17) is 11.6 Å². The van der Waals surface area contributed by atoms with Crippen LogP contribution in [0.1, 0.15) is 11.1 Å². The lowest BCUT2D eigenvalue weighted by atomic mass is 10.2. The number of aryl methyl sites for hydroxylation is 2. The molecule has 2 heterocycles. The van der Waals surface area contributed by atoms with Gasteiger partial charge in [-0.25, -0.2) is 18.9 Å². The largest absolute Gasteiger partial charge is 0.350 e. The number of rotatable bonds is 5. The summed E-state index contributed by atoms with van der Waals surface area (Å²) in [6.45, 7) is 3.68. The number of aromatic nitrogens is 4. The summed E-state index contributed by atoms with van der Waals surface area (Å²) < 4.78 is 2.51. The summed E-state index contributed by atoms with van der Waals surface area (Å²) in [5, 5.41) is 8.08. The molecule has 0 bridgehead atoms. The molecule has 0 unspecified atom stereocenters. The highest BCUT2D eigenvalue weighted by atomic mass is 35.5. The van der Waals surface area contributed by atoms with Gasteiger partial charge in [0.25, 0.3) is 0 Å². The fraction of sp³-hybridized carbons (Fsp3) is 0.143. The van der Waals surface area contributed by atoms with Gasteiger partial charge in [-0.15, -0.1) is 5.10 Å². The molecule has 0 aliphatic rings. The smallest absolute Gasteiger partial charge is 0.323 e. The van der Waals surface area contributed by atoms with Crippen LogP contribution >= 0.6 is 23.4 Å². The summed E-state index contributed by atoms with van der Waals surface area (Å²) in [6.07, 6.45) is 3.08. The van der Waals surface area contributed by atoms with E-state index in [2.05, 4.69) is 15.4 Å². The van der Waals surface area contributed by atoms with Crippen LogP contribution in [-0.2, 0) is 11.3 Å². The number of hydrogen-bond acceptors (Lipinski definition) is 5. The van der Waals surface area contributed by atoms with Crippen molar-refractivity contribution in [1.29, 1.82) is 0 Å². The van der Waals surface area contributed by atoms with E-state index in [1.165, 1.54) is 22.4 Å². The Hall–Kier alpha value is -3.10. The number of hydrogen-bond donors (Lipinski definition) is 1. The summed E-state index contributed by atoms with van der Waals surface area (Å²) in [4.78, 5) is 30.5. The Labute approximate surface area is 181 Å². The number of amides is 1. The maximum Gasteiger partial charge on any atom is 0.350 e. The third kappa shape index (κ3) is 4.24. The average molecular weight is 440 g/mol. The summed E-state index contributed by atoms with van der Waals surface area (Å²) >= 11 is 7.58. The number of fused-ring (bicyclic) bond motifs is 1. The van der Waals surface area contributed by atoms with Crippen LogP contribution in [0, 0.1) is 13.8 Å². The van der Waals surface area contributed by atoms with Crippen molar-refractivity contribution in [3.8, 4) is 0 Å². The van der Waals surface area contributed by atoms with Crippen molar-refractivity contribution in [2.75, 3.05) is 5.32 Å². The molecule has 9 heteroatoms. The Morgan fingerprint density at radius 3 is 2.73 bits per heavy atom. The second kappa shape index (κ2) is 8.33. The van der Waals surface area contributed by atoms with E-state index in [1.54, 1.807) is 18.3 Å². The minimum atomic E-state index is -0.413. The van der Waals surface area contributed by atoms with E-state index >= 15 is 0 Å². The molecule has 0 atom stereocenters. The van der Waals surface area contributed by atoms with Crippen molar-refractivity contribution in [2.45, 2.75) is 30.3 Å². The van der Waals surface area contributed by atoms with Crippen LogP contribution < -0.4 is 11.0 Å². The van der Waals surface area contributed by atoms with Gasteiger partial charge in [0, 0.05) is 17.3 Å². The van der Waals surface area contributed by atoms with Crippen molar-refractivity contribution < 1.29 is 4.79 Å². The fourth-order valence-corrected chi connectivity index (χ4v) is 4.18. The number of nitrogens with zero attached hydrogens (tertiary/aromatic N) is 4. The van der Waals surface area contributed by atoms with Crippen LogP contribution in [0.4, 0.5) is 5.69 Å². The van der Waals surface area contributed by atoms with Crippen LogP contribution in [0.3, 0.4) is 0 Å². The van der Waals surface area contributed by atoms with Crippen molar-refractivity contribution in [3.05, 3.63) is 81.5 Å². The molecule has 4 aromatic rings. The summed E-state index contributed by atoms with van der Waals surface area (Å²) in [5.74, 6) is -0.396. The molecule has 2 aromatic heterocycles. The van der Waals surface area contributed by atoms with Gasteiger partial charge < -0.3 is 5.32 Å². The second-order valence-electron chi connectivity index (χ2n) is 6.82. The molecule has 0 aliphatic carbocycles. The molecule has 0 aliphatic heterocycles. The topological polar surface area (TPSA) is 81.3 Å². The van der Waals surface area contributed by atoms with Gasteiger partial charge in [-0.3, -0.25) is 4.79 Å². The Bertz CT molecular complexity index is 1310. The van der Waals surface area contributed by atoms with Crippen molar-refractivity contribution in [3.63, 3.8) is 0 Å². The molecule has 1 N–H and O–H groups in total. The van der Waals surface area contributed by atoms with Crippen LogP contribution in [0.25, 0.3) is 5.65 Å². The number of benzene rings is 2. The SMILES string of the molecule is Cc1cccc(Sc2nccn3c(=O)n(CC(=O)Nc4ccc(C)cc4Cl)nc23)c1. The maximum atomic E-state index is 12.7. The van der Waals surface area contributed by atoms with E-state index < -0.39 is 11.6 Å². The predicted molar refractivity (Wildman–Crippen MR) is 117 cm³/mol. The van der Waals surface area contributed by atoms with Gasteiger partial charge in [0.05, 0.1) is 10.7 Å². The Morgan fingerprint density at radius 2 is 1.97 bits per heavy atom. The van der Waals surface area contributed by atoms with Gasteiger partial charge in [0.2, 0.25) is 5.91 Å². The first-order valence-electron chi connectivity index (χ1n) is 9.15. The maximum absolute atomic E-state index is 12.7. The summed E-state index contributed by atoms with van der Waals surface area (Å²) in [5.41, 5.74) is 2.59. The van der Waals surface area contributed by atoms with Crippen LogP contribution in [0.2, 0.25) is 5.02 Å². The lowest BCUT2D eigenvalue weighted by molar-refractivity contribution is -0.117. The van der Waals surface area contributed by atoms with Gasteiger partial charge >= 0.3 is 5.69 Å². The molecular formula is C21H18ClN5O2S. The highest BCUT2D eigenvalue weighted by Crippen LogP contribution is 2.28. The highest BCUT2D eigenvalue weighted by molar-refractivity contribution is 7.99. The summed E-state index contributed by atoms with van der Waals surface area (Å²) in [6, 6.07) is 13.3. The number of carbonyl (C=O) groups is 1. The van der Waals surface area contributed by atoms with E-state index in [0.29, 0.717) is 21.4 Å². The van der Waals surface area contributed by atoms with E-state index in [1.807, 2.05) is 44.2 Å². The first kappa shape index (κ1) is 20.2. The average Bonchev–Trinajstić information content (AvgIpc) is 3.01. The van der Waals surface area contributed by atoms with E-state index in [0.717, 1.165) is 20.7 Å². The van der Waals surface area contributed by atoms with Gasteiger partial charge in [-0.1, -0.05) is 47.1 Å². The van der Waals surface area contributed by atoms with Crippen LogP contribution in [0.5, 0.6) is 0 Å². The Kier molecular flexibility index (Phi) is 5.61. The zero-order valence-corrected chi connectivity index (χ0v) is 17.9. The van der Waals surface area contributed by atoms with Gasteiger partial charge in [-0.05, 0) is 43.7 Å². The zero-order chi connectivity index (χ0) is 21.3. The van der Waals surface area contributed by atoms with Crippen LogP contribution in [0.15, 0.2) is 69.6 Å². The quantitative estimate of drug-likeness (QED) is 0.509. The van der Waals surface area contributed by atoms with Gasteiger partial charge in [0.15, 0.2) is 5.65 Å². The molecule has 0 fully saturated rings. The second-order valence-corrected chi connectivity index (χ2v) is 8.29. The molecule has 0 saturated heterocycles. The standard InChI is InChI=1S/C21H18ClN5O2S/c1-13-4-3-5-15(10-13)30-20-19-25-27(21(29)26(19)9-8-23-20)12-18(28)24-17-7-6-14(2)11-16(17)22/h3-11H,12H2,1-2H3,(H,24,28). The zero-order valence-electron chi connectivity index (χ0n) is 16.3. The van der Waals surface area contributed by atoms with E-state index in [9.17, 15) is 9.59 Å². The summed E-state index contributed by atoms with van der Waals surface area (Å²) in [7, 11) is 0. The molecule has 2 aromatic carbocycles. The monoisotopic (exact) mass is 439 g/mol. The number of carbonyl (C=O) groups excluding carboxylic acids is 1. The van der Waals surface area contributed by atoms with Crippen molar-refractivity contribution in [1.82, 2.24) is 19.2 Å². The van der Waals surface area contributed by atoms with Crippen molar-refractivity contribution in [2.24, 2.45) is 0 Å². The Balaban J connectivity index is 1.60. The number of halogens is 1. The van der Waals surface area contributed by atoms with Gasteiger partial charge in [0.1, 0.15) is 11.6 Å². The molecule has 30 heavy (non-hydrogen) atoms. The molecule has 1 amide bonds. The third-order valence-corrected chi connectivity index (χ3v) is 5.65. The molecule has 0 spiro atoms. The molecule has 152 valence electrons. The molecule has 7 nitrogen and oxygen atoms in total. The molecule has 0 radical (unpaired) electrons. The first-order valence-corrected chi connectivity index (χ1v) is 10.3. The third-order valence-electron chi connectivity index (χ3n) is 4.37. The molecule has 4 rings (SSSR count). The normalized spacial score (nSPS) is 11.0. The highest BCUT2D eigenvalue weighted by Gasteiger charge is 2.16. The van der Waals surface area contributed by atoms with Crippen molar-refractivity contribution >= 4 is 40.6 Å². The fourth-order valence-electron chi connectivity index (χ4n) is 2.94. The Morgan fingerprint density at radius 1 is 1.17 bits per heavy atom. The minimum absolute atomic E-state index is 0.237. The number of nitrogens with one attached hydrogen (secondary N) is 1. The minimum Gasteiger partial charge on any atom is -0.323 e. The predicted octanol–water partition coefficient (Wildman–Crippen LogP) is 3.95. The first-order chi connectivity index (χ1) is 14.4. The van der Waals surface area contributed by atoms with Gasteiger partial charge in [-0.2, -0.15) is 0 Å². The van der Waals surface area contributed by atoms with Crippen LogP contribution in [-0.4, -0.2) is 25.1 Å².